The molecular weight excluding hydrogens is 356 g/mol. The Kier molecular flexibility index (Phi) is 7.75. The lowest BCUT2D eigenvalue weighted by molar-refractivity contribution is -0.149. The first-order valence-electron chi connectivity index (χ1n) is 9.22. The Labute approximate surface area is 165 Å². The molecule has 0 aliphatic carbocycles. The molecule has 2 rings (SSSR count). The van der Waals surface area contributed by atoms with Gasteiger partial charge in [-0.2, -0.15) is 0 Å². The highest BCUT2D eigenvalue weighted by Crippen LogP contribution is 2.16. The monoisotopic (exact) mass is 382 g/mol. The number of ether oxygens (including phenoxy) is 1. The van der Waals surface area contributed by atoms with Crippen molar-refractivity contribution in [1.82, 2.24) is 5.32 Å². The van der Waals surface area contributed by atoms with Crippen molar-refractivity contribution < 1.29 is 19.1 Å². The summed E-state index contributed by atoms with van der Waals surface area (Å²) in [6, 6.07) is 15.1. The van der Waals surface area contributed by atoms with E-state index in [2.05, 4.69) is 10.6 Å². The highest BCUT2D eigenvalue weighted by atomic mass is 16.5. The average molecular weight is 382 g/mol. The number of hydrogen-bond donors (Lipinski definition) is 2. The van der Waals surface area contributed by atoms with Crippen molar-refractivity contribution in [3.8, 4) is 0 Å². The van der Waals surface area contributed by atoms with Crippen molar-refractivity contribution in [2.75, 3.05) is 11.9 Å². The molecule has 0 spiro atoms. The summed E-state index contributed by atoms with van der Waals surface area (Å²) in [4.78, 5) is 35.7. The zero-order valence-electron chi connectivity index (χ0n) is 16.5. The molecule has 0 fully saturated rings. The number of carbonyl (C=O) groups excluding carboxylic acids is 3. The molecule has 28 heavy (non-hydrogen) atoms. The zero-order valence-corrected chi connectivity index (χ0v) is 16.5. The van der Waals surface area contributed by atoms with Gasteiger partial charge in [0.25, 0.3) is 5.91 Å². The minimum Gasteiger partial charge on any atom is -0.456 e. The molecule has 0 aromatic heterocycles. The van der Waals surface area contributed by atoms with Gasteiger partial charge in [0, 0.05) is 12.1 Å². The molecule has 0 unspecified atom stereocenters. The van der Waals surface area contributed by atoms with Crippen LogP contribution in [-0.2, 0) is 19.1 Å². The van der Waals surface area contributed by atoms with E-state index >= 15 is 0 Å². The van der Waals surface area contributed by atoms with Gasteiger partial charge in [0.05, 0.1) is 12.5 Å². The molecule has 0 radical (unpaired) electrons. The van der Waals surface area contributed by atoms with E-state index < -0.39 is 5.97 Å². The first kappa shape index (κ1) is 21.2. The predicted molar refractivity (Wildman–Crippen MR) is 108 cm³/mol. The van der Waals surface area contributed by atoms with Crippen molar-refractivity contribution in [3.05, 3.63) is 65.2 Å². The quantitative estimate of drug-likeness (QED) is 0.685. The third-order valence-corrected chi connectivity index (χ3v) is 4.26. The Morgan fingerprint density at radius 3 is 2.39 bits per heavy atom. The van der Waals surface area contributed by atoms with Crippen LogP contribution in [0.2, 0.25) is 0 Å². The molecule has 6 nitrogen and oxygen atoms in total. The molecule has 6 heteroatoms. The highest BCUT2D eigenvalue weighted by molar-refractivity contribution is 5.93. The van der Waals surface area contributed by atoms with Crippen molar-refractivity contribution in [2.24, 2.45) is 0 Å². The van der Waals surface area contributed by atoms with E-state index in [9.17, 15) is 14.4 Å². The second-order valence-corrected chi connectivity index (χ2v) is 6.73. The number of hydrogen-bond acceptors (Lipinski definition) is 4. The number of carbonyl (C=O) groups is 3. The van der Waals surface area contributed by atoms with Crippen molar-refractivity contribution >= 4 is 23.5 Å². The Balaban J connectivity index is 1.70. The van der Waals surface area contributed by atoms with E-state index in [1.54, 1.807) is 0 Å². The van der Waals surface area contributed by atoms with E-state index in [1.807, 2.05) is 69.3 Å². The topological polar surface area (TPSA) is 84.5 Å². The molecule has 2 amide bonds. The van der Waals surface area contributed by atoms with Crippen LogP contribution in [0.3, 0.4) is 0 Å². The number of rotatable bonds is 8. The lowest BCUT2D eigenvalue weighted by Gasteiger charge is -2.14. The molecule has 0 bridgehead atoms. The Bertz CT molecular complexity index is 834. The van der Waals surface area contributed by atoms with Gasteiger partial charge < -0.3 is 15.4 Å². The van der Waals surface area contributed by atoms with Crippen LogP contribution in [0, 0.1) is 13.8 Å². The summed E-state index contributed by atoms with van der Waals surface area (Å²) in [7, 11) is 0. The summed E-state index contributed by atoms with van der Waals surface area (Å²) < 4.78 is 4.95. The molecule has 2 N–H and O–H groups in total. The lowest BCUT2D eigenvalue weighted by Crippen LogP contribution is -2.31. The first-order chi connectivity index (χ1) is 13.3. The molecule has 0 saturated heterocycles. The summed E-state index contributed by atoms with van der Waals surface area (Å²) in [5, 5.41) is 5.55. The first-order valence-corrected chi connectivity index (χ1v) is 9.22. The van der Waals surface area contributed by atoms with Gasteiger partial charge in [0.1, 0.15) is 0 Å². The van der Waals surface area contributed by atoms with Gasteiger partial charge in [-0.15, -0.1) is 0 Å². The fourth-order valence-corrected chi connectivity index (χ4v) is 2.63. The van der Waals surface area contributed by atoms with Gasteiger partial charge in [0.15, 0.2) is 6.61 Å². The summed E-state index contributed by atoms with van der Waals surface area (Å²) in [6.45, 7) is 5.33. The fraction of sp³-hybridized carbons (Fsp3) is 0.318. The van der Waals surface area contributed by atoms with Gasteiger partial charge in [-0.05, 0) is 43.5 Å². The van der Waals surface area contributed by atoms with Crippen molar-refractivity contribution in [2.45, 2.75) is 39.7 Å². The third-order valence-electron chi connectivity index (χ3n) is 4.26. The number of amides is 2. The van der Waals surface area contributed by atoms with E-state index in [-0.39, 0.29) is 37.3 Å². The van der Waals surface area contributed by atoms with Crippen LogP contribution in [-0.4, -0.2) is 24.4 Å². The van der Waals surface area contributed by atoms with Crippen molar-refractivity contribution in [1.29, 1.82) is 0 Å². The van der Waals surface area contributed by atoms with Crippen LogP contribution >= 0.6 is 0 Å². The maximum Gasteiger partial charge on any atom is 0.306 e. The maximum absolute atomic E-state index is 12.0. The molecule has 0 heterocycles. The van der Waals surface area contributed by atoms with Gasteiger partial charge in [-0.1, -0.05) is 42.5 Å². The minimum atomic E-state index is -0.585. The Hall–Kier alpha value is -3.15. The van der Waals surface area contributed by atoms with Crippen molar-refractivity contribution in [3.63, 3.8) is 0 Å². The summed E-state index contributed by atoms with van der Waals surface area (Å²) in [5.41, 5.74) is 3.68. The van der Waals surface area contributed by atoms with E-state index in [0.717, 1.165) is 22.4 Å². The van der Waals surface area contributed by atoms with Gasteiger partial charge in [0.2, 0.25) is 5.91 Å². The van der Waals surface area contributed by atoms with Crippen LogP contribution < -0.4 is 10.6 Å². The fourth-order valence-electron chi connectivity index (χ4n) is 2.63. The maximum atomic E-state index is 12.0. The Morgan fingerprint density at radius 2 is 1.68 bits per heavy atom. The molecule has 2 aromatic rings. The third kappa shape index (κ3) is 6.87. The SMILES string of the molecule is Cc1ccc(C)c(NC(=O)CCC(=O)OCC(=O)N[C@@H](C)c2ccccc2)c1. The molecule has 2 aromatic carbocycles. The Morgan fingerprint density at radius 1 is 0.964 bits per heavy atom. The number of esters is 1. The number of anilines is 1. The van der Waals surface area contributed by atoms with Gasteiger partial charge in [-0.3, -0.25) is 14.4 Å². The number of aryl methyl sites for hydroxylation is 2. The molecule has 0 aliphatic heterocycles. The van der Waals surface area contributed by atoms with Crippen LogP contribution in [0.4, 0.5) is 5.69 Å². The molecule has 1 atom stereocenters. The van der Waals surface area contributed by atoms with E-state index in [4.69, 9.17) is 4.74 Å². The normalized spacial score (nSPS) is 11.4. The van der Waals surface area contributed by atoms with Crippen LogP contribution in [0.5, 0.6) is 0 Å². The second kappa shape index (κ2) is 10.3. The molecule has 0 aliphatic rings. The smallest absolute Gasteiger partial charge is 0.306 e. The largest absolute Gasteiger partial charge is 0.456 e. The average Bonchev–Trinajstić information content (AvgIpc) is 2.68. The number of nitrogens with one attached hydrogen (secondary N) is 2. The second-order valence-electron chi connectivity index (χ2n) is 6.73. The lowest BCUT2D eigenvalue weighted by atomic mass is 10.1. The van der Waals surface area contributed by atoms with E-state index in [0.29, 0.717) is 0 Å². The number of benzene rings is 2. The summed E-state index contributed by atoms with van der Waals surface area (Å²) in [6.07, 6.45) is -0.0908. The summed E-state index contributed by atoms with van der Waals surface area (Å²) in [5.74, 6) is -1.24. The standard InChI is InChI=1S/C22H26N2O4/c1-15-9-10-16(2)19(13-15)24-20(25)11-12-22(27)28-14-21(26)23-17(3)18-7-5-4-6-8-18/h4-10,13,17H,11-12,14H2,1-3H3,(H,23,26)(H,24,25)/t17-/m0/s1. The zero-order chi connectivity index (χ0) is 20.5. The summed E-state index contributed by atoms with van der Waals surface area (Å²) >= 11 is 0. The highest BCUT2D eigenvalue weighted by Gasteiger charge is 2.13. The van der Waals surface area contributed by atoms with Crippen LogP contribution in [0.25, 0.3) is 0 Å². The van der Waals surface area contributed by atoms with Gasteiger partial charge >= 0.3 is 5.97 Å². The predicted octanol–water partition coefficient (Wildman–Crippen LogP) is 3.44. The van der Waals surface area contributed by atoms with E-state index in [1.165, 1.54) is 0 Å². The molecular formula is C22H26N2O4. The minimum absolute atomic E-state index is 0.00570. The molecule has 148 valence electrons. The van der Waals surface area contributed by atoms with Gasteiger partial charge in [-0.25, -0.2) is 0 Å². The molecule has 0 saturated carbocycles. The van der Waals surface area contributed by atoms with Crippen LogP contribution in [0.1, 0.15) is 42.5 Å². The van der Waals surface area contributed by atoms with Crippen LogP contribution in [0.15, 0.2) is 48.5 Å².